The van der Waals surface area contributed by atoms with Crippen molar-refractivity contribution in [2.45, 2.75) is 56.5 Å². The number of hydrogen-bond acceptors (Lipinski definition) is 7. The number of nitrogens with one attached hydrogen (secondary N) is 3. The van der Waals surface area contributed by atoms with Crippen LogP contribution in [-0.2, 0) is 31.0 Å². The van der Waals surface area contributed by atoms with Crippen molar-refractivity contribution in [2.24, 2.45) is 5.10 Å². The van der Waals surface area contributed by atoms with Crippen LogP contribution in [0.2, 0.25) is 0 Å². The van der Waals surface area contributed by atoms with Gasteiger partial charge in [-0.15, -0.1) is 0 Å². The predicted octanol–water partition coefficient (Wildman–Crippen LogP) is 3.81. The fourth-order valence-electron chi connectivity index (χ4n) is 4.77. The lowest BCUT2D eigenvalue weighted by Gasteiger charge is -2.22. The molecule has 0 spiro atoms. The van der Waals surface area contributed by atoms with Crippen molar-refractivity contribution in [3.05, 3.63) is 90.0 Å². The first-order valence-corrected chi connectivity index (χ1v) is 15.9. The summed E-state index contributed by atoms with van der Waals surface area (Å²) in [6.45, 7) is 0.783. The van der Waals surface area contributed by atoms with E-state index in [1.54, 1.807) is 48.5 Å². The number of sulfonamides is 1. The van der Waals surface area contributed by atoms with Crippen LogP contribution in [0, 0.1) is 0 Å². The summed E-state index contributed by atoms with van der Waals surface area (Å²) in [5.41, 5.74) is 4.21. The van der Waals surface area contributed by atoms with Crippen molar-refractivity contribution >= 4 is 39.6 Å². The highest BCUT2D eigenvalue weighted by molar-refractivity contribution is 7.89. The largest absolute Gasteiger partial charge is 0.484 e. The number of carbonyl (C=O) groups is 3. The number of hydrazone groups is 1. The second-order valence-corrected chi connectivity index (χ2v) is 12.5. The topological polar surface area (TPSA) is 146 Å². The molecule has 12 heteroatoms. The Morgan fingerprint density at radius 2 is 1.59 bits per heavy atom. The molecule has 1 fully saturated rings. The smallest absolute Gasteiger partial charge is 0.258 e. The molecule has 0 aliphatic heterocycles. The number of carbonyl (C=O) groups excluding carboxylic acids is 3. The van der Waals surface area contributed by atoms with E-state index in [2.05, 4.69) is 21.2 Å². The summed E-state index contributed by atoms with van der Waals surface area (Å²) in [4.78, 5) is 36.3. The standard InChI is InChI=1S/C32H37N5O6S/c1-24(38)34-28-14-18-30(19-15-28)44(41,42)37(21-26-8-4-2-5-9-26)22-31(39)36-33-20-25-12-16-29(17-13-25)43-23-32(40)35-27-10-6-3-7-11-27/h2,4-5,8-9,12-20,27H,3,6-7,10-11,21-23H2,1H3,(H,34,38)(H,35,40)(H,36,39)/b33-20-. The predicted molar refractivity (Wildman–Crippen MR) is 167 cm³/mol. The van der Waals surface area contributed by atoms with E-state index in [1.807, 2.05) is 6.07 Å². The number of hydrogen-bond donors (Lipinski definition) is 3. The van der Waals surface area contributed by atoms with E-state index in [0.29, 0.717) is 22.6 Å². The van der Waals surface area contributed by atoms with E-state index in [-0.39, 0.29) is 35.9 Å². The fraction of sp³-hybridized carbons (Fsp3) is 0.312. The summed E-state index contributed by atoms with van der Waals surface area (Å²) >= 11 is 0. The molecule has 11 nitrogen and oxygen atoms in total. The molecule has 0 bridgehead atoms. The molecule has 1 saturated carbocycles. The molecule has 44 heavy (non-hydrogen) atoms. The lowest BCUT2D eigenvalue weighted by Crippen LogP contribution is -2.39. The summed E-state index contributed by atoms with van der Waals surface area (Å²) in [7, 11) is -4.08. The van der Waals surface area contributed by atoms with E-state index in [9.17, 15) is 22.8 Å². The highest BCUT2D eigenvalue weighted by Crippen LogP contribution is 2.21. The van der Waals surface area contributed by atoms with Gasteiger partial charge in [-0.3, -0.25) is 14.4 Å². The van der Waals surface area contributed by atoms with Crippen LogP contribution in [0.25, 0.3) is 0 Å². The van der Waals surface area contributed by atoms with Gasteiger partial charge in [0.05, 0.1) is 17.7 Å². The van der Waals surface area contributed by atoms with E-state index in [0.717, 1.165) is 30.0 Å². The monoisotopic (exact) mass is 619 g/mol. The molecule has 4 rings (SSSR count). The summed E-state index contributed by atoms with van der Waals surface area (Å²) in [6, 6.07) is 21.7. The van der Waals surface area contributed by atoms with Crippen molar-refractivity contribution in [3.63, 3.8) is 0 Å². The minimum atomic E-state index is -4.08. The van der Waals surface area contributed by atoms with Crippen molar-refractivity contribution < 1.29 is 27.5 Å². The van der Waals surface area contributed by atoms with Crippen LogP contribution in [0.5, 0.6) is 5.75 Å². The van der Waals surface area contributed by atoms with Gasteiger partial charge in [0.25, 0.3) is 11.8 Å². The van der Waals surface area contributed by atoms with Crippen LogP contribution in [-0.4, -0.2) is 55.9 Å². The Kier molecular flexibility index (Phi) is 11.6. The van der Waals surface area contributed by atoms with Gasteiger partial charge in [-0.1, -0.05) is 49.6 Å². The molecule has 0 unspecified atom stereocenters. The van der Waals surface area contributed by atoms with Gasteiger partial charge in [0, 0.05) is 25.2 Å². The maximum atomic E-state index is 13.5. The minimum absolute atomic E-state index is 0.0207. The molecule has 3 aromatic carbocycles. The average Bonchev–Trinajstić information content (AvgIpc) is 3.01. The second-order valence-electron chi connectivity index (χ2n) is 10.5. The van der Waals surface area contributed by atoms with E-state index >= 15 is 0 Å². The zero-order chi connectivity index (χ0) is 31.4. The molecule has 0 heterocycles. The Balaban J connectivity index is 1.33. The maximum absolute atomic E-state index is 13.5. The third-order valence-electron chi connectivity index (χ3n) is 6.96. The first kappa shape index (κ1) is 32.4. The summed E-state index contributed by atoms with van der Waals surface area (Å²) in [5.74, 6) is -0.520. The third-order valence-corrected chi connectivity index (χ3v) is 8.76. The zero-order valence-corrected chi connectivity index (χ0v) is 25.4. The molecule has 3 amide bonds. The van der Waals surface area contributed by atoms with Gasteiger partial charge in [0.15, 0.2) is 6.61 Å². The molecule has 0 radical (unpaired) electrons. The molecule has 232 valence electrons. The minimum Gasteiger partial charge on any atom is -0.484 e. The van der Waals surface area contributed by atoms with Crippen molar-refractivity contribution in [3.8, 4) is 5.75 Å². The summed E-state index contributed by atoms with van der Waals surface area (Å²) in [5, 5.41) is 9.58. The van der Waals surface area contributed by atoms with Crippen LogP contribution < -0.4 is 20.8 Å². The van der Waals surface area contributed by atoms with E-state index < -0.39 is 22.5 Å². The number of ether oxygens (including phenoxy) is 1. The van der Waals surface area contributed by atoms with Crippen LogP contribution in [0.15, 0.2) is 88.9 Å². The lowest BCUT2D eigenvalue weighted by molar-refractivity contribution is -0.124. The molecule has 0 atom stereocenters. The van der Waals surface area contributed by atoms with Gasteiger partial charge in [-0.2, -0.15) is 9.41 Å². The number of benzene rings is 3. The summed E-state index contributed by atoms with van der Waals surface area (Å²) in [6.07, 6.45) is 6.93. The van der Waals surface area contributed by atoms with Gasteiger partial charge in [-0.25, -0.2) is 13.8 Å². The Morgan fingerprint density at radius 1 is 0.909 bits per heavy atom. The Morgan fingerprint density at radius 3 is 2.25 bits per heavy atom. The van der Waals surface area contributed by atoms with Gasteiger partial charge in [0.1, 0.15) is 5.75 Å². The van der Waals surface area contributed by atoms with E-state index in [4.69, 9.17) is 4.74 Å². The number of nitrogens with zero attached hydrogens (tertiary/aromatic N) is 2. The van der Waals surface area contributed by atoms with Crippen molar-refractivity contribution in [1.82, 2.24) is 15.0 Å². The number of rotatable bonds is 13. The third kappa shape index (κ3) is 10.0. The van der Waals surface area contributed by atoms with Gasteiger partial charge in [0.2, 0.25) is 15.9 Å². The molecular weight excluding hydrogens is 582 g/mol. The molecule has 1 aliphatic carbocycles. The number of anilines is 1. The SMILES string of the molecule is CC(=O)Nc1ccc(S(=O)(=O)N(CC(=O)N/N=C\c2ccc(OCC(=O)NC3CCCCC3)cc2)Cc2ccccc2)cc1. The van der Waals surface area contributed by atoms with Crippen molar-refractivity contribution in [2.75, 3.05) is 18.5 Å². The van der Waals surface area contributed by atoms with Crippen LogP contribution in [0.4, 0.5) is 5.69 Å². The second kappa shape index (κ2) is 15.8. The molecule has 1 aliphatic rings. The van der Waals surface area contributed by atoms with Crippen molar-refractivity contribution in [1.29, 1.82) is 0 Å². The van der Waals surface area contributed by atoms with Gasteiger partial charge in [-0.05, 0) is 72.5 Å². The summed E-state index contributed by atoms with van der Waals surface area (Å²) < 4.78 is 33.7. The molecule has 3 aromatic rings. The normalized spacial score (nSPS) is 13.9. The first-order valence-electron chi connectivity index (χ1n) is 14.4. The van der Waals surface area contributed by atoms with E-state index in [1.165, 1.54) is 43.8 Å². The molecule has 0 saturated heterocycles. The molecular formula is C32H37N5O6S. The van der Waals surface area contributed by atoms with Crippen LogP contribution >= 0.6 is 0 Å². The van der Waals surface area contributed by atoms with Gasteiger partial charge < -0.3 is 15.4 Å². The quantitative estimate of drug-likeness (QED) is 0.196. The number of amides is 3. The maximum Gasteiger partial charge on any atom is 0.258 e. The van der Waals surface area contributed by atoms with Crippen LogP contribution in [0.1, 0.15) is 50.2 Å². The van der Waals surface area contributed by atoms with Gasteiger partial charge >= 0.3 is 0 Å². The molecule has 3 N–H and O–H groups in total. The Bertz CT molecular complexity index is 1540. The molecule has 0 aromatic heterocycles. The Labute approximate surface area is 257 Å². The zero-order valence-electron chi connectivity index (χ0n) is 24.6. The lowest BCUT2D eigenvalue weighted by atomic mass is 9.95. The Hall–Kier alpha value is -4.55. The highest BCUT2D eigenvalue weighted by atomic mass is 32.2. The fourth-order valence-corrected chi connectivity index (χ4v) is 6.15. The average molecular weight is 620 g/mol. The first-order chi connectivity index (χ1) is 21.2. The highest BCUT2D eigenvalue weighted by Gasteiger charge is 2.27. The van der Waals surface area contributed by atoms with Crippen LogP contribution in [0.3, 0.4) is 0 Å².